The summed E-state index contributed by atoms with van der Waals surface area (Å²) in [6, 6.07) is -1.18. The summed E-state index contributed by atoms with van der Waals surface area (Å²) >= 11 is 0. The van der Waals surface area contributed by atoms with E-state index in [1.807, 2.05) is 13.8 Å². The number of aliphatic hydroxyl groups excluding tert-OH is 1. The molecule has 116 valence electrons. The van der Waals surface area contributed by atoms with E-state index in [0.29, 0.717) is 6.54 Å². The molecule has 0 bridgehead atoms. The summed E-state index contributed by atoms with van der Waals surface area (Å²) in [6.07, 6.45) is 1.57. The lowest BCUT2D eigenvalue weighted by atomic mass is 9.76. The van der Waals surface area contributed by atoms with Gasteiger partial charge >= 0.3 is 12.0 Å². The Morgan fingerprint density at radius 1 is 1.40 bits per heavy atom. The molecule has 0 aromatic heterocycles. The van der Waals surface area contributed by atoms with Gasteiger partial charge in [-0.15, -0.1) is 0 Å². The number of carbonyl (C=O) groups is 2. The van der Waals surface area contributed by atoms with Crippen molar-refractivity contribution in [3.8, 4) is 0 Å². The number of amides is 2. The second-order valence-electron chi connectivity index (χ2n) is 6.84. The fraction of sp³-hybridized carbons (Fsp3) is 0.857. The van der Waals surface area contributed by atoms with Crippen LogP contribution in [0.1, 0.15) is 40.5 Å². The van der Waals surface area contributed by atoms with Crippen molar-refractivity contribution in [1.29, 1.82) is 0 Å². The van der Waals surface area contributed by atoms with Crippen LogP contribution in [-0.2, 0) is 4.79 Å². The highest BCUT2D eigenvalue weighted by atomic mass is 16.4. The number of urea groups is 1. The lowest BCUT2D eigenvalue weighted by Crippen LogP contribution is -2.62. The zero-order valence-electron chi connectivity index (χ0n) is 13.0. The Bertz CT molecular complexity index is 393. The average molecular weight is 286 g/mol. The third-order valence-electron chi connectivity index (χ3n) is 4.33. The molecule has 0 saturated carbocycles. The Kier molecular flexibility index (Phi) is 4.69. The number of hydrogen-bond acceptors (Lipinski definition) is 3. The van der Waals surface area contributed by atoms with E-state index < -0.39 is 23.0 Å². The van der Waals surface area contributed by atoms with Crippen LogP contribution in [0.15, 0.2) is 0 Å². The molecule has 1 rings (SSSR count). The molecule has 1 heterocycles. The Labute approximate surface area is 120 Å². The van der Waals surface area contributed by atoms with Crippen molar-refractivity contribution >= 4 is 12.0 Å². The predicted octanol–water partition coefficient (Wildman–Crippen LogP) is 1.38. The minimum atomic E-state index is -0.974. The van der Waals surface area contributed by atoms with Crippen LogP contribution in [0, 0.1) is 5.41 Å². The lowest BCUT2D eigenvalue weighted by Gasteiger charge is -2.47. The highest BCUT2D eigenvalue weighted by molar-refractivity contribution is 5.84. The van der Waals surface area contributed by atoms with E-state index in [4.69, 9.17) is 0 Å². The molecule has 20 heavy (non-hydrogen) atoms. The highest BCUT2D eigenvalue weighted by Crippen LogP contribution is 2.36. The number of piperidine rings is 1. The van der Waals surface area contributed by atoms with Gasteiger partial charge in [0.25, 0.3) is 0 Å². The third-order valence-corrected chi connectivity index (χ3v) is 4.33. The smallest absolute Gasteiger partial charge is 0.327 e. The summed E-state index contributed by atoms with van der Waals surface area (Å²) in [6.45, 7) is 7.51. The van der Waals surface area contributed by atoms with Gasteiger partial charge in [-0.2, -0.15) is 0 Å². The van der Waals surface area contributed by atoms with Gasteiger partial charge in [-0.05, 0) is 32.1 Å². The molecular weight excluding hydrogens is 260 g/mol. The van der Waals surface area contributed by atoms with Crippen molar-refractivity contribution in [2.75, 3.05) is 20.2 Å². The first-order chi connectivity index (χ1) is 9.04. The number of aliphatic hydroxyl groups is 1. The van der Waals surface area contributed by atoms with Crippen molar-refractivity contribution in [1.82, 2.24) is 9.80 Å². The van der Waals surface area contributed by atoms with E-state index >= 15 is 0 Å². The molecule has 6 heteroatoms. The molecule has 6 nitrogen and oxygen atoms in total. The number of likely N-dealkylation sites (tertiary alicyclic amines) is 1. The maximum absolute atomic E-state index is 12.6. The number of carboxylic acid groups (broad SMARTS) is 1. The molecular formula is C14H26N2O4. The molecule has 0 radical (unpaired) electrons. The van der Waals surface area contributed by atoms with Gasteiger partial charge in [-0.1, -0.05) is 13.8 Å². The summed E-state index contributed by atoms with van der Waals surface area (Å²) in [5.41, 5.74) is -1.17. The van der Waals surface area contributed by atoms with Gasteiger partial charge in [0.15, 0.2) is 0 Å². The van der Waals surface area contributed by atoms with Crippen LogP contribution in [0.5, 0.6) is 0 Å². The van der Waals surface area contributed by atoms with Gasteiger partial charge in [0, 0.05) is 13.6 Å². The topological polar surface area (TPSA) is 81.1 Å². The van der Waals surface area contributed by atoms with Crippen LogP contribution in [0.2, 0.25) is 0 Å². The van der Waals surface area contributed by atoms with E-state index in [9.17, 15) is 19.8 Å². The number of carboxylic acids is 1. The minimum Gasteiger partial charge on any atom is -0.480 e. The van der Waals surface area contributed by atoms with E-state index in [2.05, 4.69) is 0 Å². The second-order valence-corrected chi connectivity index (χ2v) is 6.84. The molecule has 1 atom stereocenters. The summed E-state index contributed by atoms with van der Waals surface area (Å²) in [5, 5.41) is 18.8. The molecule has 0 aromatic carbocycles. The molecule has 0 aromatic rings. The van der Waals surface area contributed by atoms with Crippen LogP contribution < -0.4 is 0 Å². The monoisotopic (exact) mass is 286 g/mol. The van der Waals surface area contributed by atoms with E-state index in [0.717, 1.165) is 12.8 Å². The Hall–Kier alpha value is -1.30. The molecule has 2 N–H and O–H groups in total. The van der Waals surface area contributed by atoms with Crippen molar-refractivity contribution in [3.05, 3.63) is 0 Å². The summed E-state index contributed by atoms with van der Waals surface area (Å²) in [5.74, 6) is -0.974. The summed E-state index contributed by atoms with van der Waals surface area (Å²) < 4.78 is 0. The number of hydrogen-bond donors (Lipinski definition) is 2. The zero-order chi connectivity index (χ0) is 15.7. The lowest BCUT2D eigenvalue weighted by molar-refractivity contribution is -0.149. The molecule has 1 aliphatic rings. The Morgan fingerprint density at radius 2 is 1.95 bits per heavy atom. The maximum atomic E-state index is 12.6. The first-order valence-electron chi connectivity index (χ1n) is 6.93. The van der Waals surface area contributed by atoms with Crippen LogP contribution in [0.25, 0.3) is 0 Å². The van der Waals surface area contributed by atoms with Gasteiger partial charge in [-0.25, -0.2) is 9.59 Å². The standard InChI is InChI=1S/C14H26N2O4/c1-13(2)7-6-8-16(10(13)11(18)19)12(20)15(5)14(3,4)9-17/h10,17H,6-9H2,1-5H3,(H,18,19). The van der Waals surface area contributed by atoms with E-state index in [1.54, 1.807) is 20.9 Å². The number of aliphatic carboxylic acids is 1. The third kappa shape index (κ3) is 3.06. The van der Waals surface area contributed by atoms with Gasteiger partial charge in [0.2, 0.25) is 0 Å². The van der Waals surface area contributed by atoms with Crippen LogP contribution in [-0.4, -0.2) is 63.8 Å². The summed E-state index contributed by atoms with van der Waals surface area (Å²) in [7, 11) is 1.60. The molecule has 0 spiro atoms. The van der Waals surface area contributed by atoms with Crippen LogP contribution in [0.3, 0.4) is 0 Å². The highest BCUT2D eigenvalue weighted by Gasteiger charge is 2.46. The van der Waals surface area contributed by atoms with Crippen LogP contribution >= 0.6 is 0 Å². The first-order valence-corrected chi connectivity index (χ1v) is 6.93. The number of carbonyl (C=O) groups excluding carboxylic acids is 1. The van der Waals surface area contributed by atoms with Gasteiger partial charge in [0.1, 0.15) is 6.04 Å². The number of likely N-dealkylation sites (N-methyl/N-ethyl adjacent to an activating group) is 1. The molecule has 1 saturated heterocycles. The van der Waals surface area contributed by atoms with Crippen molar-refractivity contribution in [2.45, 2.75) is 52.1 Å². The Balaban J connectivity index is 3.04. The molecule has 0 aliphatic carbocycles. The normalized spacial score (nSPS) is 22.5. The second kappa shape index (κ2) is 5.60. The average Bonchev–Trinajstić information content (AvgIpc) is 2.34. The fourth-order valence-electron chi connectivity index (χ4n) is 2.62. The maximum Gasteiger partial charge on any atom is 0.327 e. The molecule has 1 unspecified atom stereocenters. The number of nitrogens with zero attached hydrogens (tertiary/aromatic N) is 2. The minimum absolute atomic E-state index is 0.176. The van der Waals surface area contributed by atoms with Gasteiger partial charge in [-0.3, -0.25) is 0 Å². The van der Waals surface area contributed by atoms with Crippen LogP contribution in [0.4, 0.5) is 4.79 Å². The molecule has 2 amide bonds. The van der Waals surface area contributed by atoms with Crippen molar-refractivity contribution < 1.29 is 19.8 Å². The number of rotatable bonds is 3. The SMILES string of the molecule is CN(C(=O)N1CCCC(C)(C)C1C(=O)O)C(C)(C)CO. The van der Waals surface area contributed by atoms with Crippen molar-refractivity contribution in [2.24, 2.45) is 5.41 Å². The van der Waals surface area contributed by atoms with Gasteiger partial charge < -0.3 is 20.0 Å². The largest absolute Gasteiger partial charge is 0.480 e. The summed E-state index contributed by atoms with van der Waals surface area (Å²) in [4.78, 5) is 27.0. The zero-order valence-corrected chi connectivity index (χ0v) is 13.0. The van der Waals surface area contributed by atoms with E-state index in [-0.39, 0.29) is 12.6 Å². The van der Waals surface area contributed by atoms with E-state index in [1.165, 1.54) is 9.80 Å². The molecule has 1 fully saturated rings. The van der Waals surface area contributed by atoms with Gasteiger partial charge in [0.05, 0.1) is 12.1 Å². The Morgan fingerprint density at radius 3 is 2.40 bits per heavy atom. The first kappa shape index (κ1) is 16.8. The molecule has 1 aliphatic heterocycles. The van der Waals surface area contributed by atoms with Crippen molar-refractivity contribution in [3.63, 3.8) is 0 Å². The predicted molar refractivity (Wildman–Crippen MR) is 75.5 cm³/mol. The fourth-order valence-corrected chi connectivity index (χ4v) is 2.62. The quantitative estimate of drug-likeness (QED) is 0.821.